The summed E-state index contributed by atoms with van der Waals surface area (Å²) in [5, 5.41) is 30.9. The van der Waals surface area contributed by atoms with Gasteiger partial charge in [0.25, 0.3) is 5.69 Å². The number of benzene rings is 1. The topological polar surface area (TPSA) is 124 Å². The number of ketones is 1. The highest BCUT2D eigenvalue weighted by Crippen LogP contribution is 2.42. The fourth-order valence-corrected chi connectivity index (χ4v) is 1.90. The van der Waals surface area contributed by atoms with Crippen LogP contribution in [-0.4, -0.2) is 20.7 Å². The van der Waals surface area contributed by atoms with Gasteiger partial charge < -0.3 is 5.11 Å². The van der Waals surface area contributed by atoms with Crippen molar-refractivity contribution in [1.82, 2.24) is 0 Å². The average molecular weight is 238 g/mol. The van der Waals surface area contributed by atoms with Crippen molar-refractivity contribution < 1.29 is 19.7 Å². The number of hydrogen-bond donors (Lipinski definition) is 1. The zero-order valence-electron chi connectivity index (χ0n) is 8.37. The van der Waals surface area contributed by atoms with Crippen molar-refractivity contribution in [2.45, 2.75) is 12.8 Å². The molecule has 2 rings (SSSR count). The minimum absolute atomic E-state index is 0.0188. The Labute approximate surface area is 93.8 Å². The lowest BCUT2D eigenvalue weighted by atomic mass is 10.1. The molecule has 0 fully saturated rings. The SMILES string of the molecule is O=C1CCc2c([N+](=O)[O-])cc([N+](=O)[O-])c(O)c21. The first-order valence-corrected chi connectivity index (χ1v) is 4.64. The molecule has 0 bridgehead atoms. The van der Waals surface area contributed by atoms with Gasteiger partial charge in [-0.3, -0.25) is 25.0 Å². The molecule has 0 unspecified atom stereocenters. The Morgan fingerprint density at radius 3 is 2.24 bits per heavy atom. The minimum Gasteiger partial charge on any atom is -0.502 e. The number of aromatic hydroxyl groups is 1. The molecule has 0 heterocycles. The normalized spacial score (nSPS) is 13.5. The number of rotatable bonds is 2. The number of nitro benzene ring substituents is 2. The van der Waals surface area contributed by atoms with Crippen molar-refractivity contribution in [3.8, 4) is 5.75 Å². The quantitative estimate of drug-likeness (QED) is 0.612. The molecule has 1 aliphatic carbocycles. The molecular weight excluding hydrogens is 232 g/mol. The van der Waals surface area contributed by atoms with Gasteiger partial charge in [0, 0.05) is 12.0 Å². The van der Waals surface area contributed by atoms with Crippen LogP contribution < -0.4 is 0 Å². The van der Waals surface area contributed by atoms with Crippen LogP contribution in [0.5, 0.6) is 5.75 Å². The van der Waals surface area contributed by atoms with E-state index in [1.165, 1.54) is 0 Å². The number of Topliss-reactive ketones (excluding diaryl/α,β-unsaturated/α-hetero) is 1. The van der Waals surface area contributed by atoms with E-state index in [-0.39, 0.29) is 24.0 Å². The standard InChI is InChI=1S/C9H6N2O6/c12-7-2-1-4-5(10(14)15)3-6(11(16)17)9(13)8(4)7/h3,13H,1-2H2. The van der Waals surface area contributed by atoms with Crippen LogP contribution in [0.3, 0.4) is 0 Å². The predicted octanol–water partition coefficient (Wildman–Crippen LogP) is 1.34. The lowest BCUT2D eigenvalue weighted by molar-refractivity contribution is -0.395. The highest BCUT2D eigenvalue weighted by molar-refractivity contribution is 6.05. The monoisotopic (exact) mass is 238 g/mol. The summed E-state index contributed by atoms with van der Waals surface area (Å²) in [7, 11) is 0. The molecule has 0 aliphatic heterocycles. The maximum absolute atomic E-state index is 11.4. The fourth-order valence-electron chi connectivity index (χ4n) is 1.90. The Bertz CT molecular complexity index is 565. The van der Waals surface area contributed by atoms with Gasteiger partial charge in [0.1, 0.15) is 0 Å². The molecule has 1 N–H and O–H groups in total. The molecule has 8 nitrogen and oxygen atoms in total. The molecule has 0 radical (unpaired) electrons. The first-order valence-electron chi connectivity index (χ1n) is 4.64. The van der Waals surface area contributed by atoms with Gasteiger partial charge in [0.05, 0.1) is 21.5 Å². The van der Waals surface area contributed by atoms with Crippen molar-refractivity contribution >= 4 is 17.2 Å². The number of phenolic OH excluding ortho intramolecular Hbond substituents is 1. The molecule has 1 aliphatic rings. The number of nitro groups is 2. The Morgan fingerprint density at radius 1 is 1.12 bits per heavy atom. The second-order valence-electron chi connectivity index (χ2n) is 3.55. The summed E-state index contributed by atoms with van der Waals surface area (Å²) in [6.07, 6.45) is 0.140. The number of hydrogen-bond acceptors (Lipinski definition) is 6. The molecule has 0 atom stereocenters. The first-order chi connectivity index (χ1) is 7.93. The third-order valence-corrected chi connectivity index (χ3v) is 2.64. The number of phenols is 1. The van der Waals surface area contributed by atoms with Gasteiger partial charge in [-0.05, 0) is 6.42 Å². The summed E-state index contributed by atoms with van der Waals surface area (Å²) < 4.78 is 0. The number of fused-ring (bicyclic) bond motifs is 1. The van der Waals surface area contributed by atoms with Crippen LogP contribution in [0.15, 0.2) is 6.07 Å². The molecule has 0 saturated carbocycles. The third kappa shape index (κ3) is 1.50. The van der Waals surface area contributed by atoms with Crippen molar-refractivity contribution in [2.24, 2.45) is 0 Å². The van der Waals surface area contributed by atoms with E-state index in [1.54, 1.807) is 0 Å². The third-order valence-electron chi connectivity index (χ3n) is 2.64. The summed E-state index contributed by atoms with van der Waals surface area (Å²) in [4.78, 5) is 31.1. The van der Waals surface area contributed by atoms with E-state index in [0.29, 0.717) is 6.07 Å². The number of carbonyl (C=O) groups is 1. The largest absolute Gasteiger partial charge is 0.502 e. The van der Waals surface area contributed by atoms with Crippen LogP contribution in [0.4, 0.5) is 11.4 Å². The van der Waals surface area contributed by atoms with Crippen molar-refractivity contribution in [3.05, 3.63) is 37.4 Å². The van der Waals surface area contributed by atoms with Crippen LogP contribution in [0.2, 0.25) is 0 Å². The van der Waals surface area contributed by atoms with E-state index in [2.05, 4.69) is 0 Å². The maximum Gasteiger partial charge on any atom is 0.318 e. The van der Waals surface area contributed by atoms with Gasteiger partial charge in [0.15, 0.2) is 5.78 Å². The van der Waals surface area contributed by atoms with E-state index in [9.17, 15) is 30.1 Å². The highest BCUT2D eigenvalue weighted by Gasteiger charge is 2.36. The van der Waals surface area contributed by atoms with E-state index in [0.717, 1.165) is 0 Å². The Balaban J connectivity index is 2.82. The van der Waals surface area contributed by atoms with Crippen LogP contribution in [0.25, 0.3) is 0 Å². The van der Waals surface area contributed by atoms with E-state index >= 15 is 0 Å². The molecule has 88 valence electrons. The fraction of sp³-hybridized carbons (Fsp3) is 0.222. The molecule has 0 amide bonds. The second kappa shape index (κ2) is 3.51. The number of nitrogens with zero attached hydrogens (tertiary/aromatic N) is 2. The summed E-state index contributed by atoms with van der Waals surface area (Å²) in [6, 6.07) is 0.687. The van der Waals surface area contributed by atoms with Crippen molar-refractivity contribution in [1.29, 1.82) is 0 Å². The molecule has 1 aromatic carbocycles. The van der Waals surface area contributed by atoms with Gasteiger partial charge in [-0.2, -0.15) is 0 Å². The molecule has 8 heteroatoms. The minimum atomic E-state index is -0.950. The molecular formula is C9H6N2O6. The van der Waals surface area contributed by atoms with Gasteiger partial charge in [0.2, 0.25) is 5.75 Å². The summed E-state index contributed by atoms with van der Waals surface area (Å²) in [6.45, 7) is 0. The van der Waals surface area contributed by atoms with Gasteiger partial charge in [-0.1, -0.05) is 0 Å². The van der Waals surface area contributed by atoms with E-state index in [1.807, 2.05) is 0 Å². The van der Waals surface area contributed by atoms with Gasteiger partial charge in [-0.15, -0.1) is 0 Å². The lowest BCUT2D eigenvalue weighted by Gasteiger charge is -2.03. The predicted molar refractivity (Wildman–Crippen MR) is 54.1 cm³/mol. The zero-order chi connectivity index (χ0) is 12.7. The summed E-state index contributed by atoms with van der Waals surface area (Å²) in [5.41, 5.74) is -1.52. The summed E-state index contributed by atoms with van der Waals surface area (Å²) >= 11 is 0. The molecule has 0 aromatic heterocycles. The van der Waals surface area contributed by atoms with Crippen LogP contribution in [0, 0.1) is 20.2 Å². The lowest BCUT2D eigenvalue weighted by Crippen LogP contribution is -2.01. The van der Waals surface area contributed by atoms with E-state index in [4.69, 9.17) is 0 Å². The van der Waals surface area contributed by atoms with Gasteiger partial charge in [-0.25, -0.2) is 0 Å². The van der Waals surface area contributed by atoms with Gasteiger partial charge >= 0.3 is 5.69 Å². The number of carbonyl (C=O) groups excluding carboxylic acids is 1. The maximum atomic E-state index is 11.4. The van der Waals surface area contributed by atoms with Crippen molar-refractivity contribution in [2.75, 3.05) is 0 Å². The second-order valence-corrected chi connectivity index (χ2v) is 3.55. The smallest absolute Gasteiger partial charge is 0.318 e. The molecule has 17 heavy (non-hydrogen) atoms. The Morgan fingerprint density at radius 2 is 1.71 bits per heavy atom. The summed E-state index contributed by atoms with van der Waals surface area (Å²) in [5.74, 6) is -1.29. The Kier molecular flexibility index (Phi) is 2.27. The van der Waals surface area contributed by atoms with Crippen LogP contribution >= 0.6 is 0 Å². The average Bonchev–Trinajstić information content (AvgIpc) is 2.61. The van der Waals surface area contributed by atoms with Crippen LogP contribution in [0.1, 0.15) is 22.3 Å². The first kappa shape index (κ1) is 11.0. The van der Waals surface area contributed by atoms with Crippen LogP contribution in [-0.2, 0) is 6.42 Å². The molecule has 0 saturated heterocycles. The highest BCUT2D eigenvalue weighted by atomic mass is 16.6. The molecule has 1 aromatic rings. The van der Waals surface area contributed by atoms with Crippen molar-refractivity contribution in [3.63, 3.8) is 0 Å². The Hall–Kier alpha value is -2.51. The zero-order valence-corrected chi connectivity index (χ0v) is 8.37. The molecule has 0 spiro atoms. The van der Waals surface area contributed by atoms with E-state index < -0.39 is 32.8 Å².